The highest BCUT2D eigenvalue weighted by Gasteiger charge is 1.98. The van der Waals surface area contributed by atoms with Crippen molar-refractivity contribution in [2.45, 2.75) is 6.42 Å². The van der Waals surface area contributed by atoms with Crippen molar-refractivity contribution in [2.24, 2.45) is 0 Å². The first-order valence-corrected chi connectivity index (χ1v) is 4.23. The standard InChI is InChI=1S/C7H10BrN3/c1-9-3-2-7-6(8)4-10-5-11-7/h4-5,9H,2-3H2,1H3. The first-order valence-electron chi connectivity index (χ1n) is 3.43. The third-order valence-electron chi connectivity index (χ3n) is 1.36. The third kappa shape index (κ3) is 2.55. The predicted molar refractivity (Wildman–Crippen MR) is 47.4 cm³/mol. The number of rotatable bonds is 3. The summed E-state index contributed by atoms with van der Waals surface area (Å²) in [6, 6.07) is 0. The lowest BCUT2D eigenvalue weighted by molar-refractivity contribution is 0.770. The van der Waals surface area contributed by atoms with Gasteiger partial charge in [-0.15, -0.1) is 0 Å². The molecule has 0 aliphatic rings. The van der Waals surface area contributed by atoms with E-state index < -0.39 is 0 Å². The number of likely N-dealkylation sites (N-methyl/N-ethyl adjacent to an activating group) is 1. The van der Waals surface area contributed by atoms with Gasteiger partial charge in [0.15, 0.2) is 0 Å². The van der Waals surface area contributed by atoms with E-state index in [1.54, 1.807) is 12.5 Å². The SMILES string of the molecule is CNCCc1ncncc1Br. The maximum atomic E-state index is 4.12. The van der Waals surface area contributed by atoms with Crippen LogP contribution in [-0.2, 0) is 6.42 Å². The molecule has 0 fully saturated rings. The topological polar surface area (TPSA) is 37.8 Å². The molecule has 4 heteroatoms. The van der Waals surface area contributed by atoms with Crippen LogP contribution in [0.25, 0.3) is 0 Å². The van der Waals surface area contributed by atoms with E-state index in [0.29, 0.717) is 0 Å². The van der Waals surface area contributed by atoms with Crippen LogP contribution in [0.4, 0.5) is 0 Å². The van der Waals surface area contributed by atoms with Crippen LogP contribution in [0.1, 0.15) is 5.69 Å². The van der Waals surface area contributed by atoms with Crippen LogP contribution in [0.3, 0.4) is 0 Å². The Balaban J connectivity index is 2.62. The molecule has 0 saturated heterocycles. The van der Waals surface area contributed by atoms with Crippen molar-refractivity contribution < 1.29 is 0 Å². The predicted octanol–water partition coefficient (Wildman–Crippen LogP) is 1.00. The highest BCUT2D eigenvalue weighted by Crippen LogP contribution is 2.11. The van der Waals surface area contributed by atoms with Gasteiger partial charge in [-0.05, 0) is 23.0 Å². The number of aromatic nitrogens is 2. The Morgan fingerprint density at radius 3 is 3.09 bits per heavy atom. The average Bonchev–Trinajstić information content (AvgIpc) is 2.03. The van der Waals surface area contributed by atoms with Gasteiger partial charge in [-0.2, -0.15) is 0 Å². The molecule has 60 valence electrons. The monoisotopic (exact) mass is 215 g/mol. The van der Waals surface area contributed by atoms with Gasteiger partial charge in [-0.25, -0.2) is 9.97 Å². The van der Waals surface area contributed by atoms with Crippen LogP contribution in [-0.4, -0.2) is 23.6 Å². The summed E-state index contributed by atoms with van der Waals surface area (Å²) in [6.45, 7) is 0.940. The van der Waals surface area contributed by atoms with Gasteiger partial charge in [0.1, 0.15) is 6.33 Å². The number of hydrogen-bond donors (Lipinski definition) is 1. The number of nitrogens with zero attached hydrogens (tertiary/aromatic N) is 2. The summed E-state index contributed by atoms with van der Waals surface area (Å²) in [4.78, 5) is 7.99. The van der Waals surface area contributed by atoms with Crippen molar-refractivity contribution >= 4 is 15.9 Å². The zero-order valence-corrected chi connectivity index (χ0v) is 7.93. The molecule has 0 saturated carbocycles. The summed E-state index contributed by atoms with van der Waals surface area (Å²) in [7, 11) is 1.93. The summed E-state index contributed by atoms with van der Waals surface area (Å²) in [5.41, 5.74) is 1.05. The fraction of sp³-hybridized carbons (Fsp3) is 0.429. The maximum absolute atomic E-state index is 4.12. The molecule has 1 rings (SSSR count). The molecule has 0 radical (unpaired) electrons. The van der Waals surface area contributed by atoms with Crippen molar-refractivity contribution in [3.05, 3.63) is 22.7 Å². The summed E-state index contributed by atoms with van der Waals surface area (Å²) < 4.78 is 0.982. The molecule has 1 N–H and O–H groups in total. The first-order chi connectivity index (χ1) is 5.34. The molecule has 0 atom stereocenters. The Morgan fingerprint density at radius 2 is 2.45 bits per heavy atom. The van der Waals surface area contributed by atoms with E-state index in [1.807, 2.05) is 7.05 Å². The minimum absolute atomic E-state index is 0.930. The quantitative estimate of drug-likeness (QED) is 0.818. The molecule has 0 spiro atoms. The minimum Gasteiger partial charge on any atom is -0.319 e. The number of nitrogens with one attached hydrogen (secondary N) is 1. The Kier molecular flexibility index (Phi) is 3.45. The minimum atomic E-state index is 0.930. The van der Waals surface area contributed by atoms with E-state index in [9.17, 15) is 0 Å². The van der Waals surface area contributed by atoms with Crippen LogP contribution in [0.5, 0.6) is 0 Å². The normalized spacial score (nSPS) is 10.0. The van der Waals surface area contributed by atoms with Gasteiger partial charge >= 0.3 is 0 Å². The van der Waals surface area contributed by atoms with Crippen molar-refractivity contribution in [3.8, 4) is 0 Å². The largest absolute Gasteiger partial charge is 0.319 e. The van der Waals surface area contributed by atoms with Crippen molar-refractivity contribution in [2.75, 3.05) is 13.6 Å². The lowest BCUT2D eigenvalue weighted by Crippen LogP contribution is -2.11. The molecule has 1 aromatic heterocycles. The molecule has 0 unspecified atom stereocenters. The van der Waals surface area contributed by atoms with Gasteiger partial charge < -0.3 is 5.32 Å². The van der Waals surface area contributed by atoms with E-state index in [1.165, 1.54) is 0 Å². The van der Waals surface area contributed by atoms with Gasteiger partial charge in [0.25, 0.3) is 0 Å². The van der Waals surface area contributed by atoms with Gasteiger partial charge in [0.2, 0.25) is 0 Å². The summed E-state index contributed by atoms with van der Waals surface area (Å²) in [6.07, 6.45) is 4.26. The third-order valence-corrected chi connectivity index (χ3v) is 2.02. The van der Waals surface area contributed by atoms with Crippen LogP contribution in [0.15, 0.2) is 17.0 Å². The molecule has 1 heterocycles. The molecule has 0 bridgehead atoms. The smallest absolute Gasteiger partial charge is 0.115 e. The molecule has 0 aliphatic heterocycles. The fourth-order valence-electron chi connectivity index (χ4n) is 0.765. The first kappa shape index (κ1) is 8.62. The van der Waals surface area contributed by atoms with E-state index in [4.69, 9.17) is 0 Å². The number of hydrogen-bond acceptors (Lipinski definition) is 3. The molecular formula is C7H10BrN3. The second-order valence-corrected chi connectivity index (χ2v) is 3.03. The van der Waals surface area contributed by atoms with E-state index in [2.05, 4.69) is 31.2 Å². The molecule has 0 aromatic carbocycles. The Hall–Kier alpha value is -0.480. The molecule has 1 aromatic rings. The summed E-state index contributed by atoms with van der Waals surface area (Å²) >= 11 is 3.37. The van der Waals surface area contributed by atoms with Gasteiger partial charge in [0, 0.05) is 19.2 Å². The fourth-order valence-corrected chi connectivity index (χ4v) is 1.18. The van der Waals surface area contributed by atoms with Crippen LogP contribution in [0.2, 0.25) is 0 Å². The van der Waals surface area contributed by atoms with Gasteiger partial charge in [-0.1, -0.05) is 0 Å². The molecule has 3 nitrogen and oxygen atoms in total. The summed E-state index contributed by atoms with van der Waals surface area (Å²) in [5, 5.41) is 3.06. The van der Waals surface area contributed by atoms with Gasteiger partial charge in [-0.3, -0.25) is 0 Å². The van der Waals surface area contributed by atoms with Gasteiger partial charge in [0.05, 0.1) is 10.2 Å². The highest BCUT2D eigenvalue weighted by molar-refractivity contribution is 9.10. The van der Waals surface area contributed by atoms with E-state index >= 15 is 0 Å². The maximum Gasteiger partial charge on any atom is 0.115 e. The van der Waals surface area contributed by atoms with E-state index in [-0.39, 0.29) is 0 Å². The average molecular weight is 216 g/mol. The summed E-state index contributed by atoms with van der Waals surface area (Å²) in [5.74, 6) is 0. The zero-order valence-electron chi connectivity index (χ0n) is 6.34. The zero-order chi connectivity index (χ0) is 8.10. The molecule has 0 aliphatic carbocycles. The lowest BCUT2D eigenvalue weighted by Gasteiger charge is -2.00. The molecule has 0 amide bonds. The van der Waals surface area contributed by atoms with Crippen LogP contribution >= 0.6 is 15.9 Å². The Morgan fingerprint density at radius 1 is 1.64 bits per heavy atom. The lowest BCUT2D eigenvalue weighted by atomic mass is 10.3. The second-order valence-electron chi connectivity index (χ2n) is 2.17. The number of halogens is 1. The van der Waals surface area contributed by atoms with Crippen LogP contribution in [0, 0.1) is 0 Å². The van der Waals surface area contributed by atoms with Crippen molar-refractivity contribution in [3.63, 3.8) is 0 Å². The molecule has 11 heavy (non-hydrogen) atoms. The Labute approximate surface area is 74.4 Å². The van der Waals surface area contributed by atoms with Crippen LogP contribution < -0.4 is 5.32 Å². The van der Waals surface area contributed by atoms with Crippen molar-refractivity contribution in [1.82, 2.24) is 15.3 Å². The second kappa shape index (κ2) is 4.41. The van der Waals surface area contributed by atoms with E-state index in [0.717, 1.165) is 23.1 Å². The molecular weight excluding hydrogens is 206 g/mol. The highest BCUT2D eigenvalue weighted by atomic mass is 79.9. The van der Waals surface area contributed by atoms with Crippen molar-refractivity contribution in [1.29, 1.82) is 0 Å². The Bertz CT molecular complexity index is 227.